The number of fused-ring (bicyclic) bond motifs is 1. The standard InChI is InChI=1S/C23H21N3O3/c1-27-20-13-18(14-21(28-2)22(20)29-3)25-23-24-11-10-19(26-23)17-9-8-15-6-4-5-7-16(15)12-17/h4-14H,1-3H3,(H,24,25,26). The van der Waals surface area contributed by atoms with Gasteiger partial charge in [-0.1, -0.05) is 36.4 Å². The van der Waals surface area contributed by atoms with Crippen molar-refractivity contribution in [1.82, 2.24) is 9.97 Å². The van der Waals surface area contributed by atoms with Crippen molar-refractivity contribution in [3.63, 3.8) is 0 Å². The molecule has 4 aromatic rings. The third-order valence-electron chi connectivity index (χ3n) is 4.62. The van der Waals surface area contributed by atoms with E-state index in [2.05, 4.69) is 45.6 Å². The largest absolute Gasteiger partial charge is 0.493 e. The zero-order valence-corrected chi connectivity index (χ0v) is 16.5. The van der Waals surface area contributed by atoms with Crippen LogP contribution in [0.4, 0.5) is 11.6 Å². The minimum absolute atomic E-state index is 0.477. The van der Waals surface area contributed by atoms with Crippen molar-refractivity contribution in [2.75, 3.05) is 26.6 Å². The molecule has 0 amide bonds. The molecule has 6 heteroatoms. The predicted molar refractivity (Wildman–Crippen MR) is 114 cm³/mol. The van der Waals surface area contributed by atoms with Crippen LogP contribution in [0.5, 0.6) is 17.2 Å². The van der Waals surface area contributed by atoms with Gasteiger partial charge in [0, 0.05) is 29.6 Å². The van der Waals surface area contributed by atoms with Crippen LogP contribution in [0.2, 0.25) is 0 Å². The second-order valence-corrected chi connectivity index (χ2v) is 6.37. The number of rotatable bonds is 6. The van der Waals surface area contributed by atoms with E-state index >= 15 is 0 Å². The van der Waals surface area contributed by atoms with Crippen LogP contribution in [0.1, 0.15) is 0 Å². The van der Waals surface area contributed by atoms with Gasteiger partial charge in [0.1, 0.15) is 0 Å². The summed E-state index contributed by atoms with van der Waals surface area (Å²) < 4.78 is 16.2. The Kier molecular flexibility index (Phi) is 5.16. The minimum Gasteiger partial charge on any atom is -0.493 e. The molecule has 146 valence electrons. The molecule has 3 aromatic carbocycles. The van der Waals surface area contributed by atoms with E-state index in [1.54, 1.807) is 27.5 Å². The summed E-state index contributed by atoms with van der Waals surface area (Å²) in [7, 11) is 4.74. The molecule has 0 atom stereocenters. The molecule has 0 aliphatic heterocycles. The molecular weight excluding hydrogens is 366 g/mol. The maximum Gasteiger partial charge on any atom is 0.227 e. The zero-order valence-electron chi connectivity index (χ0n) is 16.5. The van der Waals surface area contributed by atoms with E-state index in [0.717, 1.165) is 16.9 Å². The normalized spacial score (nSPS) is 10.6. The van der Waals surface area contributed by atoms with Gasteiger partial charge in [0.25, 0.3) is 0 Å². The highest BCUT2D eigenvalue weighted by Crippen LogP contribution is 2.40. The summed E-state index contributed by atoms with van der Waals surface area (Å²) in [5.41, 5.74) is 2.59. The quantitative estimate of drug-likeness (QED) is 0.498. The van der Waals surface area contributed by atoms with Gasteiger partial charge >= 0.3 is 0 Å². The highest BCUT2D eigenvalue weighted by molar-refractivity contribution is 5.86. The predicted octanol–water partition coefficient (Wildman–Crippen LogP) is 5.07. The van der Waals surface area contributed by atoms with E-state index in [0.29, 0.717) is 23.2 Å². The smallest absolute Gasteiger partial charge is 0.227 e. The Bertz CT molecular complexity index is 1140. The lowest BCUT2D eigenvalue weighted by Gasteiger charge is -2.14. The molecule has 29 heavy (non-hydrogen) atoms. The Morgan fingerprint density at radius 3 is 2.17 bits per heavy atom. The Hall–Kier alpha value is -3.80. The van der Waals surface area contributed by atoms with E-state index in [1.807, 2.05) is 30.3 Å². The maximum atomic E-state index is 5.41. The summed E-state index contributed by atoms with van der Waals surface area (Å²) in [6.45, 7) is 0. The molecule has 0 aliphatic carbocycles. The van der Waals surface area contributed by atoms with Gasteiger partial charge in [-0.15, -0.1) is 0 Å². The van der Waals surface area contributed by atoms with E-state index in [-0.39, 0.29) is 0 Å². The Balaban J connectivity index is 1.67. The lowest BCUT2D eigenvalue weighted by molar-refractivity contribution is 0.324. The van der Waals surface area contributed by atoms with Crippen molar-refractivity contribution in [3.05, 3.63) is 66.9 Å². The summed E-state index contributed by atoms with van der Waals surface area (Å²) in [5.74, 6) is 2.12. The summed E-state index contributed by atoms with van der Waals surface area (Å²) >= 11 is 0. The molecule has 1 aromatic heterocycles. The molecule has 0 radical (unpaired) electrons. The Morgan fingerprint density at radius 1 is 0.759 bits per heavy atom. The van der Waals surface area contributed by atoms with E-state index in [9.17, 15) is 0 Å². The van der Waals surface area contributed by atoms with Gasteiger partial charge in [0.05, 0.1) is 27.0 Å². The van der Waals surface area contributed by atoms with Crippen molar-refractivity contribution in [3.8, 4) is 28.5 Å². The number of hydrogen-bond donors (Lipinski definition) is 1. The fraction of sp³-hybridized carbons (Fsp3) is 0.130. The summed E-state index contributed by atoms with van der Waals surface area (Å²) in [4.78, 5) is 9.00. The highest BCUT2D eigenvalue weighted by Gasteiger charge is 2.14. The van der Waals surface area contributed by atoms with Gasteiger partial charge in [-0.3, -0.25) is 0 Å². The summed E-state index contributed by atoms with van der Waals surface area (Å²) in [6.07, 6.45) is 1.73. The molecule has 0 saturated carbocycles. The minimum atomic E-state index is 0.477. The lowest BCUT2D eigenvalue weighted by Crippen LogP contribution is -2.00. The van der Waals surface area contributed by atoms with Crippen LogP contribution in [0.3, 0.4) is 0 Å². The number of ether oxygens (including phenoxy) is 3. The molecule has 6 nitrogen and oxygen atoms in total. The highest BCUT2D eigenvalue weighted by atomic mass is 16.5. The van der Waals surface area contributed by atoms with Gasteiger partial charge in [0.2, 0.25) is 11.7 Å². The molecule has 0 bridgehead atoms. The van der Waals surface area contributed by atoms with Crippen LogP contribution in [-0.2, 0) is 0 Å². The number of hydrogen-bond acceptors (Lipinski definition) is 6. The zero-order chi connectivity index (χ0) is 20.2. The molecule has 0 spiro atoms. The Morgan fingerprint density at radius 2 is 1.48 bits per heavy atom. The number of nitrogens with zero attached hydrogens (tertiary/aromatic N) is 2. The van der Waals surface area contributed by atoms with Crippen molar-refractivity contribution in [2.24, 2.45) is 0 Å². The average Bonchev–Trinajstić information content (AvgIpc) is 2.78. The number of benzene rings is 3. The van der Waals surface area contributed by atoms with Gasteiger partial charge in [-0.05, 0) is 22.9 Å². The SMILES string of the molecule is COc1cc(Nc2nccc(-c3ccc4ccccc4c3)n2)cc(OC)c1OC. The molecule has 1 heterocycles. The van der Waals surface area contributed by atoms with Crippen LogP contribution in [0.15, 0.2) is 66.9 Å². The molecule has 4 rings (SSSR count). The third kappa shape index (κ3) is 3.78. The fourth-order valence-corrected chi connectivity index (χ4v) is 3.21. The van der Waals surface area contributed by atoms with Crippen LogP contribution >= 0.6 is 0 Å². The monoisotopic (exact) mass is 387 g/mol. The first-order valence-electron chi connectivity index (χ1n) is 9.11. The van der Waals surface area contributed by atoms with Gasteiger partial charge in [-0.2, -0.15) is 0 Å². The van der Waals surface area contributed by atoms with E-state index < -0.39 is 0 Å². The Labute approximate surface area is 169 Å². The number of anilines is 2. The van der Waals surface area contributed by atoms with E-state index in [4.69, 9.17) is 14.2 Å². The van der Waals surface area contributed by atoms with Crippen molar-refractivity contribution >= 4 is 22.4 Å². The van der Waals surface area contributed by atoms with Crippen LogP contribution < -0.4 is 19.5 Å². The van der Waals surface area contributed by atoms with Gasteiger partial charge < -0.3 is 19.5 Å². The van der Waals surface area contributed by atoms with Crippen LogP contribution in [0.25, 0.3) is 22.0 Å². The van der Waals surface area contributed by atoms with Crippen molar-refractivity contribution in [2.45, 2.75) is 0 Å². The van der Waals surface area contributed by atoms with Crippen molar-refractivity contribution in [1.29, 1.82) is 0 Å². The second kappa shape index (κ2) is 8.06. The summed E-state index contributed by atoms with van der Waals surface area (Å²) in [5, 5.41) is 5.58. The first-order valence-corrected chi connectivity index (χ1v) is 9.11. The molecule has 0 saturated heterocycles. The van der Waals surface area contributed by atoms with Crippen LogP contribution in [0, 0.1) is 0 Å². The lowest BCUT2D eigenvalue weighted by atomic mass is 10.1. The van der Waals surface area contributed by atoms with Crippen molar-refractivity contribution < 1.29 is 14.2 Å². The first-order chi connectivity index (χ1) is 14.2. The van der Waals surface area contributed by atoms with Gasteiger partial charge in [0.15, 0.2) is 11.5 Å². The number of nitrogens with one attached hydrogen (secondary N) is 1. The third-order valence-corrected chi connectivity index (χ3v) is 4.62. The second-order valence-electron chi connectivity index (χ2n) is 6.37. The van der Waals surface area contributed by atoms with Gasteiger partial charge in [-0.25, -0.2) is 9.97 Å². The molecule has 0 unspecified atom stereocenters. The fourth-order valence-electron chi connectivity index (χ4n) is 3.21. The molecular formula is C23H21N3O3. The molecule has 1 N–H and O–H groups in total. The topological polar surface area (TPSA) is 65.5 Å². The average molecular weight is 387 g/mol. The number of methoxy groups -OCH3 is 3. The first kappa shape index (κ1) is 18.6. The number of aromatic nitrogens is 2. The maximum absolute atomic E-state index is 5.41. The molecule has 0 fully saturated rings. The van der Waals surface area contributed by atoms with E-state index in [1.165, 1.54) is 10.8 Å². The molecule has 0 aliphatic rings. The summed E-state index contributed by atoms with van der Waals surface area (Å²) in [6, 6.07) is 20.1. The van der Waals surface area contributed by atoms with Crippen LogP contribution in [-0.4, -0.2) is 31.3 Å².